The van der Waals surface area contributed by atoms with Gasteiger partial charge in [-0.15, -0.1) is 0 Å². The van der Waals surface area contributed by atoms with Gasteiger partial charge in [-0.05, 0) is 79.7 Å². The molecule has 3 fully saturated rings. The van der Waals surface area contributed by atoms with Crippen molar-refractivity contribution in [2.75, 3.05) is 0 Å². The largest absolute Gasteiger partial charge is 0.462 e. The fraction of sp³-hybridized carbons (Fsp3) is 0.481. The molecule has 1 aliphatic heterocycles. The number of hydrogen-bond acceptors (Lipinski definition) is 4. The lowest BCUT2D eigenvalue weighted by atomic mass is 9.53. The summed E-state index contributed by atoms with van der Waals surface area (Å²) in [4.78, 5) is 17.2. The van der Waals surface area contributed by atoms with Crippen LogP contribution in [0.15, 0.2) is 48.7 Å². The molecule has 3 aliphatic rings. The number of hydrogen-bond donors (Lipinski definition) is 1. The number of esters is 1. The molecular formula is C27H31FN2O2. The van der Waals surface area contributed by atoms with Gasteiger partial charge in [0.15, 0.2) is 0 Å². The Kier molecular flexibility index (Phi) is 5.62. The number of carbonyl (C=O) groups excluding carboxylic acids is 1. The zero-order valence-corrected chi connectivity index (χ0v) is 18.7. The summed E-state index contributed by atoms with van der Waals surface area (Å²) in [5.74, 6) is 1.46. The normalized spacial score (nSPS) is 36.6. The Morgan fingerprint density at radius 2 is 1.97 bits per heavy atom. The van der Waals surface area contributed by atoms with E-state index in [9.17, 15) is 9.18 Å². The van der Waals surface area contributed by atoms with Crippen LogP contribution in [0.5, 0.6) is 0 Å². The zero-order valence-electron chi connectivity index (χ0n) is 18.7. The third-order valence-corrected chi connectivity index (χ3v) is 8.12. The fourth-order valence-electron chi connectivity index (χ4n) is 6.59. The van der Waals surface area contributed by atoms with Crippen LogP contribution < -0.4 is 5.73 Å². The maximum absolute atomic E-state index is 13.5. The molecule has 1 aromatic heterocycles. The van der Waals surface area contributed by atoms with E-state index in [0.717, 1.165) is 36.1 Å². The summed E-state index contributed by atoms with van der Waals surface area (Å²) in [7, 11) is 0. The highest BCUT2D eigenvalue weighted by Crippen LogP contribution is 2.54. The minimum absolute atomic E-state index is 0.0534. The van der Waals surface area contributed by atoms with Crippen LogP contribution in [0.2, 0.25) is 0 Å². The van der Waals surface area contributed by atoms with E-state index in [1.54, 1.807) is 12.3 Å². The molecule has 0 spiro atoms. The van der Waals surface area contributed by atoms with Gasteiger partial charge in [-0.3, -0.25) is 9.78 Å². The van der Waals surface area contributed by atoms with Gasteiger partial charge in [0.25, 0.3) is 0 Å². The summed E-state index contributed by atoms with van der Waals surface area (Å²) < 4.78 is 19.2. The van der Waals surface area contributed by atoms with Crippen molar-refractivity contribution in [2.45, 2.75) is 45.3 Å². The van der Waals surface area contributed by atoms with E-state index >= 15 is 0 Å². The van der Waals surface area contributed by atoms with Gasteiger partial charge in [0.2, 0.25) is 0 Å². The third kappa shape index (κ3) is 3.77. The smallest absolute Gasteiger partial charge is 0.309 e. The van der Waals surface area contributed by atoms with Crippen molar-refractivity contribution >= 4 is 12.0 Å². The van der Waals surface area contributed by atoms with E-state index in [0.29, 0.717) is 17.8 Å². The number of fused-ring (bicyclic) bond motifs is 2. The van der Waals surface area contributed by atoms with E-state index in [1.807, 2.05) is 25.1 Å². The molecule has 2 N–H and O–H groups in total. The zero-order chi connectivity index (χ0) is 22.4. The van der Waals surface area contributed by atoms with Crippen molar-refractivity contribution in [3.05, 3.63) is 60.2 Å². The fourth-order valence-corrected chi connectivity index (χ4v) is 6.59. The lowest BCUT2D eigenvalue weighted by molar-refractivity contribution is -0.144. The number of halogens is 1. The number of nitrogens with zero attached hydrogens (tertiary/aromatic N) is 1. The van der Waals surface area contributed by atoms with Gasteiger partial charge in [0.05, 0.1) is 11.6 Å². The number of pyridine rings is 1. The molecule has 2 heterocycles. The number of cyclic esters (lactones) is 1. The summed E-state index contributed by atoms with van der Waals surface area (Å²) in [5, 5.41) is 0. The van der Waals surface area contributed by atoms with Gasteiger partial charge in [0.1, 0.15) is 11.9 Å². The molecule has 2 saturated carbocycles. The Balaban J connectivity index is 1.43. The second kappa shape index (κ2) is 8.43. The highest BCUT2D eigenvalue weighted by molar-refractivity contribution is 5.75. The van der Waals surface area contributed by atoms with Crippen LogP contribution in [0, 0.1) is 41.3 Å². The summed E-state index contributed by atoms with van der Waals surface area (Å²) in [5.41, 5.74) is 9.10. The van der Waals surface area contributed by atoms with E-state index in [-0.39, 0.29) is 41.7 Å². The standard InChI is InChI=1S/C27H31FN2O2/c1-15-6-11-24(29)22-13-23-26(16(2)32-27(23)31)21(25(15)22)10-9-20-8-7-18(14-30-20)17-4-3-5-19(28)12-17/h3-5,7-10,12,14-16,21-26H,6,11,13,29H2,1-2H3/b10-9+/t15?,16-,21+,22-,23-,24+,25?,26+/m1/s1. The topological polar surface area (TPSA) is 65.2 Å². The summed E-state index contributed by atoms with van der Waals surface area (Å²) >= 11 is 0. The average molecular weight is 435 g/mol. The van der Waals surface area contributed by atoms with Crippen LogP contribution in [0.25, 0.3) is 17.2 Å². The Morgan fingerprint density at radius 1 is 1.12 bits per heavy atom. The second-order valence-corrected chi connectivity index (χ2v) is 9.94. The molecular weight excluding hydrogens is 403 g/mol. The van der Waals surface area contributed by atoms with Gasteiger partial charge in [-0.25, -0.2) is 4.39 Å². The van der Waals surface area contributed by atoms with Crippen LogP contribution in [0.1, 0.15) is 38.8 Å². The third-order valence-electron chi connectivity index (χ3n) is 8.12. The predicted molar refractivity (Wildman–Crippen MR) is 123 cm³/mol. The minimum atomic E-state index is -0.255. The number of aromatic nitrogens is 1. The second-order valence-electron chi connectivity index (χ2n) is 9.94. The molecule has 2 aliphatic carbocycles. The van der Waals surface area contributed by atoms with Crippen LogP contribution >= 0.6 is 0 Å². The van der Waals surface area contributed by atoms with Crippen LogP contribution in [-0.2, 0) is 9.53 Å². The molecule has 32 heavy (non-hydrogen) atoms. The molecule has 0 amide bonds. The SMILES string of the molecule is CC1CC[C@H](N)[C@H]2C[C@H]3C(=O)O[C@H](C)[C@H]3[C@@H](/C=C/c3ccc(-c4cccc(F)c4)cn3)C12. The number of nitrogens with two attached hydrogens (primary N) is 1. The Morgan fingerprint density at radius 3 is 2.72 bits per heavy atom. The Hall–Kier alpha value is -2.53. The maximum atomic E-state index is 13.5. The van der Waals surface area contributed by atoms with Crippen LogP contribution in [0.3, 0.4) is 0 Å². The molecule has 4 nitrogen and oxygen atoms in total. The molecule has 168 valence electrons. The predicted octanol–water partition coefficient (Wildman–Crippen LogP) is 5.09. The van der Waals surface area contributed by atoms with Crippen molar-refractivity contribution in [1.29, 1.82) is 0 Å². The molecule has 5 heteroatoms. The number of ether oxygens (including phenoxy) is 1. The highest BCUT2D eigenvalue weighted by atomic mass is 19.1. The van der Waals surface area contributed by atoms with Gasteiger partial charge in [-0.1, -0.05) is 31.2 Å². The number of carbonyl (C=O) groups is 1. The molecule has 2 unspecified atom stereocenters. The van der Waals surface area contributed by atoms with Crippen molar-refractivity contribution in [2.24, 2.45) is 41.2 Å². The number of benzene rings is 1. The van der Waals surface area contributed by atoms with E-state index in [4.69, 9.17) is 10.5 Å². The first kappa shape index (κ1) is 21.3. The Bertz CT molecular complexity index is 1020. The van der Waals surface area contributed by atoms with Crippen molar-refractivity contribution in [1.82, 2.24) is 4.98 Å². The molecule has 2 aromatic rings. The molecule has 1 saturated heterocycles. The van der Waals surface area contributed by atoms with Crippen molar-refractivity contribution in [3.8, 4) is 11.1 Å². The van der Waals surface area contributed by atoms with Crippen LogP contribution in [-0.4, -0.2) is 23.1 Å². The number of allylic oxidation sites excluding steroid dienone is 1. The van der Waals surface area contributed by atoms with Gasteiger partial charge < -0.3 is 10.5 Å². The molecule has 5 rings (SSSR count). The molecule has 0 radical (unpaired) electrons. The first-order valence-electron chi connectivity index (χ1n) is 11.8. The van der Waals surface area contributed by atoms with Gasteiger partial charge >= 0.3 is 5.97 Å². The lowest BCUT2D eigenvalue weighted by Gasteiger charge is -2.51. The van der Waals surface area contributed by atoms with E-state index in [1.165, 1.54) is 12.1 Å². The first-order chi connectivity index (χ1) is 15.4. The summed E-state index contributed by atoms with van der Waals surface area (Å²) in [6.07, 6.45) is 9.06. The summed E-state index contributed by atoms with van der Waals surface area (Å²) in [6.45, 7) is 4.36. The van der Waals surface area contributed by atoms with Crippen molar-refractivity contribution in [3.63, 3.8) is 0 Å². The minimum Gasteiger partial charge on any atom is -0.462 e. The molecule has 1 aromatic carbocycles. The van der Waals surface area contributed by atoms with Crippen molar-refractivity contribution < 1.29 is 13.9 Å². The molecule has 8 atom stereocenters. The van der Waals surface area contributed by atoms with E-state index < -0.39 is 0 Å². The van der Waals surface area contributed by atoms with Crippen LogP contribution in [0.4, 0.5) is 4.39 Å². The first-order valence-corrected chi connectivity index (χ1v) is 11.8. The lowest BCUT2D eigenvalue weighted by Crippen LogP contribution is -2.52. The maximum Gasteiger partial charge on any atom is 0.309 e. The monoisotopic (exact) mass is 434 g/mol. The summed E-state index contributed by atoms with van der Waals surface area (Å²) in [6, 6.07) is 10.6. The average Bonchev–Trinajstić information content (AvgIpc) is 3.08. The molecule has 0 bridgehead atoms. The quantitative estimate of drug-likeness (QED) is 0.684. The van der Waals surface area contributed by atoms with Gasteiger partial charge in [0, 0.05) is 23.7 Å². The number of rotatable bonds is 3. The highest BCUT2D eigenvalue weighted by Gasteiger charge is 2.56. The van der Waals surface area contributed by atoms with Gasteiger partial charge in [-0.2, -0.15) is 0 Å². The van der Waals surface area contributed by atoms with E-state index in [2.05, 4.69) is 24.1 Å². The Labute approximate surface area is 189 Å².